The number of rotatable bonds is 4. The fraction of sp³-hybridized carbons (Fsp3) is 0.0714. The van der Waals surface area contributed by atoms with Gasteiger partial charge in [-0.2, -0.15) is 18.3 Å². The van der Waals surface area contributed by atoms with E-state index in [0.29, 0.717) is 5.56 Å². The fourth-order valence-corrected chi connectivity index (χ4v) is 1.69. The highest BCUT2D eigenvalue weighted by atomic mass is 19.4. The molecule has 0 aromatic heterocycles. The minimum Gasteiger partial charge on any atom is -0.278 e. The molecular formula is C14H10F3N3O2. The maximum absolute atomic E-state index is 12.8. The monoisotopic (exact) mass is 309 g/mol. The van der Waals surface area contributed by atoms with Crippen LogP contribution < -0.4 is 5.43 Å². The first-order valence-electron chi connectivity index (χ1n) is 6.07. The molecule has 0 saturated carbocycles. The summed E-state index contributed by atoms with van der Waals surface area (Å²) >= 11 is 0. The molecule has 1 N–H and O–H groups in total. The average molecular weight is 309 g/mol. The van der Waals surface area contributed by atoms with Crippen molar-refractivity contribution in [3.05, 3.63) is 69.8 Å². The molecule has 0 heterocycles. The number of hydrogen-bond donors (Lipinski definition) is 1. The third-order valence-electron chi connectivity index (χ3n) is 2.73. The Kier molecular flexibility index (Phi) is 4.40. The highest BCUT2D eigenvalue weighted by Crippen LogP contribution is 2.34. The second-order valence-corrected chi connectivity index (χ2v) is 4.26. The Morgan fingerprint density at radius 3 is 2.32 bits per heavy atom. The lowest BCUT2D eigenvalue weighted by Gasteiger charge is -2.11. The summed E-state index contributed by atoms with van der Waals surface area (Å²) in [6.07, 6.45) is -3.21. The number of hydrogen-bond acceptors (Lipinski definition) is 4. The Bertz CT molecular complexity index is 697. The van der Waals surface area contributed by atoms with Gasteiger partial charge in [-0.3, -0.25) is 15.5 Å². The summed E-state index contributed by atoms with van der Waals surface area (Å²) in [6, 6.07) is 10.4. The number of nitro benzene ring substituents is 1. The van der Waals surface area contributed by atoms with Gasteiger partial charge in [-0.1, -0.05) is 12.1 Å². The van der Waals surface area contributed by atoms with E-state index in [9.17, 15) is 23.3 Å². The first kappa shape index (κ1) is 15.5. The Balaban J connectivity index is 2.11. The van der Waals surface area contributed by atoms with E-state index >= 15 is 0 Å². The maximum atomic E-state index is 12.8. The Morgan fingerprint density at radius 1 is 1.09 bits per heavy atom. The van der Waals surface area contributed by atoms with Crippen molar-refractivity contribution in [1.29, 1.82) is 0 Å². The van der Waals surface area contributed by atoms with Crippen LogP contribution in [-0.2, 0) is 6.18 Å². The van der Waals surface area contributed by atoms with Crippen molar-refractivity contribution >= 4 is 17.6 Å². The fourth-order valence-electron chi connectivity index (χ4n) is 1.69. The van der Waals surface area contributed by atoms with Crippen LogP contribution in [0, 0.1) is 10.1 Å². The van der Waals surface area contributed by atoms with Gasteiger partial charge >= 0.3 is 6.18 Å². The molecule has 114 valence electrons. The lowest BCUT2D eigenvalue weighted by atomic mass is 10.2. The van der Waals surface area contributed by atoms with E-state index in [4.69, 9.17) is 0 Å². The lowest BCUT2D eigenvalue weighted by molar-refractivity contribution is -0.384. The summed E-state index contributed by atoms with van der Waals surface area (Å²) in [5, 5.41) is 14.2. The summed E-state index contributed by atoms with van der Waals surface area (Å²) in [4.78, 5) is 9.95. The molecule has 2 aromatic rings. The van der Waals surface area contributed by atoms with E-state index in [2.05, 4.69) is 10.5 Å². The zero-order valence-corrected chi connectivity index (χ0v) is 11.0. The third-order valence-corrected chi connectivity index (χ3v) is 2.73. The van der Waals surface area contributed by atoms with Gasteiger partial charge in [0.2, 0.25) is 0 Å². The molecule has 5 nitrogen and oxygen atoms in total. The SMILES string of the molecule is O=[N+]([O-])c1ccc(/C=N\Nc2ccccc2C(F)(F)F)cc1. The van der Waals surface area contributed by atoms with Crippen LogP contribution in [0.4, 0.5) is 24.5 Å². The predicted octanol–water partition coefficient (Wildman–Crippen LogP) is 4.06. The van der Waals surface area contributed by atoms with Gasteiger partial charge in [-0.25, -0.2) is 0 Å². The molecule has 8 heteroatoms. The number of non-ortho nitro benzene ring substituents is 1. The summed E-state index contributed by atoms with van der Waals surface area (Å²) in [7, 11) is 0. The van der Waals surface area contributed by atoms with E-state index in [1.54, 1.807) is 0 Å². The van der Waals surface area contributed by atoms with E-state index in [0.717, 1.165) is 6.07 Å². The van der Waals surface area contributed by atoms with Crippen molar-refractivity contribution in [2.24, 2.45) is 5.10 Å². The van der Waals surface area contributed by atoms with Crippen molar-refractivity contribution in [2.45, 2.75) is 6.18 Å². The zero-order chi connectivity index (χ0) is 16.2. The lowest BCUT2D eigenvalue weighted by Crippen LogP contribution is -2.08. The van der Waals surface area contributed by atoms with E-state index in [1.807, 2.05) is 0 Å². The number of halogens is 3. The molecule has 2 aromatic carbocycles. The van der Waals surface area contributed by atoms with Gasteiger partial charge in [0.05, 0.1) is 22.4 Å². The molecule has 0 spiro atoms. The molecule has 0 fully saturated rings. The van der Waals surface area contributed by atoms with Crippen LogP contribution in [0.2, 0.25) is 0 Å². The number of benzene rings is 2. The summed E-state index contributed by atoms with van der Waals surface area (Å²) in [5.41, 5.74) is 1.76. The quantitative estimate of drug-likeness (QED) is 0.526. The smallest absolute Gasteiger partial charge is 0.278 e. The average Bonchev–Trinajstić information content (AvgIpc) is 2.47. The summed E-state index contributed by atoms with van der Waals surface area (Å²) in [5.74, 6) is 0. The molecule has 0 bridgehead atoms. The van der Waals surface area contributed by atoms with Crippen LogP contribution in [0.3, 0.4) is 0 Å². The van der Waals surface area contributed by atoms with Crippen molar-refractivity contribution in [3.63, 3.8) is 0 Å². The second kappa shape index (κ2) is 6.25. The minimum absolute atomic E-state index is 0.0764. The normalized spacial score (nSPS) is 11.6. The van der Waals surface area contributed by atoms with Crippen molar-refractivity contribution < 1.29 is 18.1 Å². The molecule has 0 unspecified atom stereocenters. The molecule has 0 atom stereocenters. The maximum Gasteiger partial charge on any atom is 0.418 e. The zero-order valence-electron chi connectivity index (χ0n) is 11.0. The molecule has 0 aliphatic heterocycles. The van der Waals surface area contributed by atoms with E-state index in [1.165, 1.54) is 48.7 Å². The third kappa shape index (κ3) is 3.81. The van der Waals surface area contributed by atoms with Crippen molar-refractivity contribution in [2.75, 3.05) is 5.43 Å². The first-order chi connectivity index (χ1) is 10.4. The number of anilines is 1. The van der Waals surface area contributed by atoms with Gasteiger partial charge in [0.1, 0.15) is 0 Å². The van der Waals surface area contributed by atoms with Crippen molar-refractivity contribution in [3.8, 4) is 0 Å². The van der Waals surface area contributed by atoms with Gasteiger partial charge in [0.25, 0.3) is 5.69 Å². The highest BCUT2D eigenvalue weighted by Gasteiger charge is 2.33. The number of nitrogens with one attached hydrogen (secondary N) is 1. The van der Waals surface area contributed by atoms with Crippen LogP contribution >= 0.6 is 0 Å². The largest absolute Gasteiger partial charge is 0.418 e. The minimum atomic E-state index is -4.48. The summed E-state index contributed by atoms with van der Waals surface area (Å²) < 4.78 is 38.3. The predicted molar refractivity (Wildman–Crippen MR) is 75.8 cm³/mol. The summed E-state index contributed by atoms with van der Waals surface area (Å²) in [6.45, 7) is 0. The Labute approximate surface area is 123 Å². The molecule has 0 radical (unpaired) electrons. The van der Waals surface area contributed by atoms with Gasteiger partial charge < -0.3 is 0 Å². The van der Waals surface area contributed by atoms with Crippen LogP contribution in [0.1, 0.15) is 11.1 Å². The molecule has 0 saturated heterocycles. The first-order valence-corrected chi connectivity index (χ1v) is 6.07. The molecule has 0 aliphatic rings. The van der Waals surface area contributed by atoms with E-state index in [-0.39, 0.29) is 11.4 Å². The van der Waals surface area contributed by atoms with E-state index < -0.39 is 16.7 Å². The number of hydrazone groups is 1. The molecule has 22 heavy (non-hydrogen) atoms. The van der Waals surface area contributed by atoms with Crippen LogP contribution in [0.15, 0.2) is 53.6 Å². The van der Waals surface area contributed by atoms with Gasteiger partial charge in [-0.05, 0) is 29.8 Å². The molecule has 2 rings (SSSR count). The van der Waals surface area contributed by atoms with Gasteiger partial charge in [0, 0.05) is 12.1 Å². The second-order valence-electron chi connectivity index (χ2n) is 4.26. The molecular weight excluding hydrogens is 299 g/mol. The topological polar surface area (TPSA) is 67.5 Å². The molecule has 0 aliphatic carbocycles. The van der Waals surface area contributed by atoms with Crippen LogP contribution in [-0.4, -0.2) is 11.1 Å². The standard InChI is InChI=1S/C14H10F3N3O2/c15-14(16,17)12-3-1-2-4-13(12)19-18-9-10-5-7-11(8-6-10)20(21)22/h1-9,19H/b18-9-. The Hall–Kier alpha value is -2.90. The van der Waals surface area contributed by atoms with Crippen LogP contribution in [0.5, 0.6) is 0 Å². The Morgan fingerprint density at radius 2 is 1.73 bits per heavy atom. The number of nitrogens with zero attached hydrogens (tertiary/aromatic N) is 2. The number of nitro groups is 1. The molecule has 0 amide bonds. The number of alkyl halides is 3. The van der Waals surface area contributed by atoms with Gasteiger partial charge in [0.15, 0.2) is 0 Å². The van der Waals surface area contributed by atoms with Gasteiger partial charge in [-0.15, -0.1) is 0 Å². The van der Waals surface area contributed by atoms with Crippen LogP contribution in [0.25, 0.3) is 0 Å². The van der Waals surface area contributed by atoms with Crippen molar-refractivity contribution in [1.82, 2.24) is 0 Å². The highest BCUT2D eigenvalue weighted by molar-refractivity contribution is 5.80. The number of para-hydroxylation sites is 1.